The Morgan fingerprint density at radius 3 is 2.50 bits per heavy atom. The highest BCUT2D eigenvalue weighted by Crippen LogP contribution is 2.36. The van der Waals surface area contributed by atoms with Gasteiger partial charge in [-0.1, -0.05) is 12.1 Å². The maximum Gasteiger partial charge on any atom is 0.156 e. The number of benzene rings is 1. The lowest BCUT2D eigenvalue weighted by Crippen LogP contribution is -2.42. The van der Waals surface area contributed by atoms with Gasteiger partial charge in [-0.05, 0) is 74.7 Å². The van der Waals surface area contributed by atoms with E-state index < -0.39 is 6.10 Å². The summed E-state index contributed by atoms with van der Waals surface area (Å²) >= 11 is 0. The van der Waals surface area contributed by atoms with E-state index in [9.17, 15) is 5.11 Å². The fourth-order valence-corrected chi connectivity index (χ4v) is 4.77. The van der Waals surface area contributed by atoms with Crippen molar-refractivity contribution in [2.45, 2.75) is 32.5 Å². The molecule has 7 nitrogen and oxygen atoms in total. The smallest absolute Gasteiger partial charge is 0.156 e. The predicted molar refractivity (Wildman–Crippen MR) is 133 cm³/mol. The fraction of sp³-hybridized carbons (Fsp3) is 0.444. The van der Waals surface area contributed by atoms with Crippen LogP contribution in [0.2, 0.25) is 0 Å². The summed E-state index contributed by atoms with van der Waals surface area (Å²) in [6, 6.07) is 11.4. The van der Waals surface area contributed by atoms with Gasteiger partial charge in [0.2, 0.25) is 0 Å². The summed E-state index contributed by atoms with van der Waals surface area (Å²) in [6.07, 6.45) is 4.71. The Kier molecular flexibility index (Phi) is 7.44. The van der Waals surface area contributed by atoms with Gasteiger partial charge in [0.1, 0.15) is 11.6 Å². The molecule has 2 aliphatic rings. The molecular weight excluding hydrogens is 430 g/mol. The molecule has 34 heavy (non-hydrogen) atoms. The minimum Gasteiger partial charge on any atom is -0.493 e. The molecule has 1 aromatic heterocycles. The number of nitrogens with two attached hydrogens (primary N) is 1. The maximum atomic E-state index is 11.1. The first-order valence-corrected chi connectivity index (χ1v) is 11.8. The summed E-state index contributed by atoms with van der Waals surface area (Å²) in [5.74, 6) is 3.52. The molecule has 0 amide bonds. The predicted octanol–water partition coefficient (Wildman–Crippen LogP) is 4.16. The second-order valence-electron chi connectivity index (χ2n) is 9.23. The Balaban J connectivity index is 1.49. The van der Waals surface area contributed by atoms with Crippen LogP contribution < -0.4 is 10.5 Å². The zero-order valence-corrected chi connectivity index (χ0v) is 20.4. The van der Waals surface area contributed by atoms with Crippen LogP contribution in [-0.2, 0) is 9.47 Å². The van der Waals surface area contributed by atoms with E-state index in [1.165, 1.54) is 0 Å². The lowest BCUT2D eigenvalue weighted by Gasteiger charge is -2.39. The van der Waals surface area contributed by atoms with Crippen molar-refractivity contribution in [2.24, 2.45) is 11.8 Å². The number of hydrogen-bond acceptors (Lipinski definition) is 7. The van der Waals surface area contributed by atoms with E-state index in [2.05, 4.69) is 22.0 Å². The Morgan fingerprint density at radius 2 is 1.82 bits per heavy atom. The van der Waals surface area contributed by atoms with E-state index in [1.807, 2.05) is 44.2 Å². The van der Waals surface area contributed by atoms with Gasteiger partial charge >= 0.3 is 0 Å². The van der Waals surface area contributed by atoms with Crippen molar-refractivity contribution in [3.05, 3.63) is 65.6 Å². The summed E-state index contributed by atoms with van der Waals surface area (Å²) in [7, 11) is 3.35. The van der Waals surface area contributed by atoms with Gasteiger partial charge in [-0.3, -0.25) is 4.90 Å². The molecule has 4 rings (SSSR count). The monoisotopic (exact) mass is 465 g/mol. The quantitative estimate of drug-likeness (QED) is 0.605. The molecule has 3 atom stereocenters. The van der Waals surface area contributed by atoms with Crippen LogP contribution in [0.25, 0.3) is 11.3 Å². The molecule has 182 valence electrons. The fourth-order valence-electron chi connectivity index (χ4n) is 4.77. The minimum atomic E-state index is -0.631. The molecule has 1 saturated heterocycles. The molecule has 7 heteroatoms. The van der Waals surface area contributed by atoms with Crippen LogP contribution >= 0.6 is 0 Å². The zero-order chi connectivity index (χ0) is 24.2. The number of β-amino-alcohol motifs (C(OH)–C–C–N with tert-alkyl or cyclic N) is 1. The molecular formula is C27H35N3O4. The van der Waals surface area contributed by atoms with Gasteiger partial charge in [-0.25, -0.2) is 4.98 Å². The Bertz CT molecular complexity index is 1070. The number of aliphatic hydroxyl groups excluding tert-OH is 1. The Hall–Kier alpha value is -3.03. The molecule has 1 aliphatic heterocycles. The SMILES string of the molecule is COC1=CC2CCN(CC(O)c3ccc(-c4cccc(N)n4)c(OC(C)C)c3)CC2C=C1OC. The van der Waals surface area contributed by atoms with Gasteiger partial charge in [0, 0.05) is 24.6 Å². The van der Waals surface area contributed by atoms with Crippen LogP contribution in [0.15, 0.2) is 60.1 Å². The molecule has 0 radical (unpaired) electrons. The average molecular weight is 466 g/mol. The van der Waals surface area contributed by atoms with Crippen LogP contribution in [0.5, 0.6) is 5.75 Å². The van der Waals surface area contributed by atoms with Gasteiger partial charge in [-0.15, -0.1) is 0 Å². The van der Waals surface area contributed by atoms with Crippen molar-refractivity contribution in [1.82, 2.24) is 9.88 Å². The topological polar surface area (TPSA) is 90.1 Å². The van der Waals surface area contributed by atoms with Gasteiger partial charge < -0.3 is 25.1 Å². The van der Waals surface area contributed by atoms with Crippen LogP contribution in [0.3, 0.4) is 0 Å². The number of aromatic nitrogens is 1. The highest BCUT2D eigenvalue weighted by Gasteiger charge is 2.32. The summed E-state index contributed by atoms with van der Waals surface area (Å²) in [4.78, 5) is 6.76. The lowest BCUT2D eigenvalue weighted by molar-refractivity contribution is 0.0770. The average Bonchev–Trinajstić information content (AvgIpc) is 2.82. The standard InChI is InChI=1S/C27H35N3O4/c1-17(2)34-24-13-19(8-9-21(24)22-6-5-7-27(28)29-22)23(31)16-30-11-10-18-12-25(32-3)26(33-4)14-20(18)15-30/h5-9,12-14,17-18,20,23,31H,10-11,15-16H2,1-4H3,(H2,28,29). The number of hydrogen-bond donors (Lipinski definition) is 2. The van der Waals surface area contributed by atoms with Gasteiger partial charge in [-0.2, -0.15) is 0 Å². The number of allylic oxidation sites excluding steroid dienone is 1. The number of ether oxygens (including phenoxy) is 3. The molecule has 2 aromatic rings. The van der Waals surface area contributed by atoms with Gasteiger partial charge in [0.25, 0.3) is 0 Å². The number of anilines is 1. The van der Waals surface area contributed by atoms with Crippen molar-refractivity contribution in [3.8, 4) is 17.0 Å². The highest BCUT2D eigenvalue weighted by atomic mass is 16.5. The molecule has 1 aliphatic carbocycles. The first-order chi connectivity index (χ1) is 16.4. The molecule has 3 unspecified atom stereocenters. The van der Waals surface area contributed by atoms with Crippen molar-refractivity contribution < 1.29 is 19.3 Å². The first-order valence-electron chi connectivity index (χ1n) is 11.8. The second-order valence-corrected chi connectivity index (χ2v) is 9.23. The van der Waals surface area contributed by atoms with E-state index in [1.54, 1.807) is 20.3 Å². The number of piperidine rings is 1. The molecule has 1 aromatic carbocycles. The van der Waals surface area contributed by atoms with Crippen LogP contribution in [0, 0.1) is 11.8 Å². The number of methoxy groups -OCH3 is 2. The van der Waals surface area contributed by atoms with Crippen molar-refractivity contribution in [3.63, 3.8) is 0 Å². The summed E-state index contributed by atoms with van der Waals surface area (Å²) in [6.45, 7) is 6.31. The third-order valence-corrected chi connectivity index (χ3v) is 6.44. The number of rotatable bonds is 8. The van der Waals surface area contributed by atoms with Crippen molar-refractivity contribution in [2.75, 3.05) is 39.6 Å². The van der Waals surface area contributed by atoms with Crippen molar-refractivity contribution in [1.29, 1.82) is 0 Å². The Morgan fingerprint density at radius 1 is 1.09 bits per heavy atom. The lowest BCUT2D eigenvalue weighted by atomic mass is 9.81. The van der Waals surface area contributed by atoms with E-state index in [0.29, 0.717) is 29.9 Å². The van der Waals surface area contributed by atoms with Gasteiger partial charge in [0.15, 0.2) is 11.5 Å². The first kappa shape index (κ1) is 24.1. The summed E-state index contributed by atoms with van der Waals surface area (Å²) in [5.41, 5.74) is 8.32. The molecule has 2 heterocycles. The number of aliphatic hydroxyl groups is 1. The van der Waals surface area contributed by atoms with E-state index >= 15 is 0 Å². The number of nitrogen functional groups attached to an aromatic ring is 1. The maximum absolute atomic E-state index is 11.1. The third kappa shape index (κ3) is 5.37. The largest absolute Gasteiger partial charge is 0.493 e. The molecule has 0 spiro atoms. The molecule has 1 fully saturated rings. The van der Waals surface area contributed by atoms with E-state index in [-0.39, 0.29) is 6.10 Å². The van der Waals surface area contributed by atoms with Crippen LogP contribution in [0.1, 0.15) is 31.9 Å². The Labute approximate surface area is 201 Å². The highest BCUT2D eigenvalue weighted by molar-refractivity contribution is 5.69. The van der Waals surface area contributed by atoms with Crippen LogP contribution in [0.4, 0.5) is 5.82 Å². The van der Waals surface area contributed by atoms with E-state index in [4.69, 9.17) is 19.9 Å². The third-order valence-electron chi connectivity index (χ3n) is 6.44. The van der Waals surface area contributed by atoms with Crippen molar-refractivity contribution >= 4 is 5.82 Å². The molecule has 3 N–H and O–H groups in total. The normalized spacial score (nSPS) is 21.4. The van der Waals surface area contributed by atoms with Gasteiger partial charge in [0.05, 0.1) is 32.1 Å². The number of likely N-dealkylation sites (tertiary alicyclic amines) is 1. The summed E-state index contributed by atoms with van der Waals surface area (Å²) in [5, 5.41) is 11.1. The second kappa shape index (κ2) is 10.5. The number of nitrogens with zero attached hydrogens (tertiary/aromatic N) is 2. The number of pyridine rings is 1. The minimum absolute atomic E-state index is 0.00987. The zero-order valence-electron chi connectivity index (χ0n) is 20.4. The molecule has 0 bridgehead atoms. The van der Waals surface area contributed by atoms with Crippen LogP contribution in [-0.4, -0.2) is 54.9 Å². The molecule has 0 saturated carbocycles. The van der Waals surface area contributed by atoms with E-state index in [0.717, 1.165) is 47.8 Å². The summed E-state index contributed by atoms with van der Waals surface area (Å²) < 4.78 is 17.1. The number of fused-ring (bicyclic) bond motifs is 1.